The van der Waals surface area contributed by atoms with Gasteiger partial charge in [0.15, 0.2) is 5.90 Å². The maximum absolute atomic E-state index is 13.1. The van der Waals surface area contributed by atoms with Gasteiger partial charge in [-0.3, -0.25) is 0 Å². The molecule has 1 aromatic rings. The van der Waals surface area contributed by atoms with Crippen molar-refractivity contribution in [2.75, 3.05) is 6.54 Å². The second kappa shape index (κ2) is 5.29. The molecule has 4 heteroatoms. The molecule has 0 amide bonds. The van der Waals surface area contributed by atoms with Gasteiger partial charge in [0, 0.05) is 6.42 Å². The van der Waals surface area contributed by atoms with Gasteiger partial charge in [-0.15, -0.1) is 0 Å². The SMILES string of the molecule is NCC1CCC2N=C(Cc3cccc(F)c3)OC2C1. The lowest BCUT2D eigenvalue weighted by Crippen LogP contribution is -2.34. The third kappa shape index (κ3) is 2.78. The maximum Gasteiger partial charge on any atom is 0.188 e. The van der Waals surface area contributed by atoms with E-state index in [1.54, 1.807) is 6.07 Å². The van der Waals surface area contributed by atoms with Gasteiger partial charge in [-0.2, -0.15) is 0 Å². The minimum atomic E-state index is -0.211. The summed E-state index contributed by atoms with van der Waals surface area (Å²) >= 11 is 0. The number of hydrogen-bond acceptors (Lipinski definition) is 3. The predicted molar refractivity (Wildman–Crippen MR) is 72.6 cm³/mol. The van der Waals surface area contributed by atoms with Gasteiger partial charge < -0.3 is 10.5 Å². The molecule has 102 valence electrons. The van der Waals surface area contributed by atoms with Crippen LogP contribution in [-0.4, -0.2) is 24.6 Å². The fourth-order valence-electron chi connectivity index (χ4n) is 2.98. The van der Waals surface area contributed by atoms with Crippen molar-refractivity contribution >= 4 is 5.90 Å². The molecule has 1 aliphatic heterocycles. The number of hydrogen-bond donors (Lipinski definition) is 1. The summed E-state index contributed by atoms with van der Waals surface area (Å²) in [4.78, 5) is 4.63. The minimum absolute atomic E-state index is 0.186. The number of aliphatic imine (C=N–C) groups is 1. The molecule has 1 aliphatic carbocycles. The lowest BCUT2D eigenvalue weighted by atomic mass is 9.84. The molecule has 0 bridgehead atoms. The topological polar surface area (TPSA) is 47.6 Å². The quantitative estimate of drug-likeness (QED) is 0.908. The van der Waals surface area contributed by atoms with Crippen LogP contribution in [-0.2, 0) is 11.2 Å². The Labute approximate surface area is 112 Å². The molecule has 0 radical (unpaired) electrons. The Balaban J connectivity index is 1.65. The minimum Gasteiger partial charge on any atom is -0.475 e. The second-order valence-corrected chi connectivity index (χ2v) is 5.47. The molecule has 0 aromatic heterocycles. The summed E-state index contributed by atoms with van der Waals surface area (Å²) in [6, 6.07) is 6.90. The average molecular weight is 262 g/mol. The van der Waals surface area contributed by atoms with Crippen LogP contribution >= 0.6 is 0 Å². The summed E-state index contributed by atoms with van der Waals surface area (Å²) in [6.07, 6.45) is 3.96. The number of fused-ring (bicyclic) bond motifs is 1. The van der Waals surface area contributed by atoms with Gasteiger partial charge in [-0.05, 0) is 49.4 Å². The summed E-state index contributed by atoms with van der Waals surface area (Å²) in [7, 11) is 0. The van der Waals surface area contributed by atoms with E-state index < -0.39 is 0 Å². The zero-order valence-electron chi connectivity index (χ0n) is 10.9. The van der Waals surface area contributed by atoms with Crippen molar-refractivity contribution in [2.24, 2.45) is 16.6 Å². The van der Waals surface area contributed by atoms with Crippen LogP contribution in [0.2, 0.25) is 0 Å². The van der Waals surface area contributed by atoms with Crippen LogP contribution in [0.15, 0.2) is 29.3 Å². The Morgan fingerprint density at radius 3 is 3.05 bits per heavy atom. The maximum atomic E-state index is 13.1. The van der Waals surface area contributed by atoms with Gasteiger partial charge in [0.05, 0.1) is 6.04 Å². The van der Waals surface area contributed by atoms with Gasteiger partial charge in [0.25, 0.3) is 0 Å². The van der Waals surface area contributed by atoms with E-state index in [1.165, 1.54) is 12.1 Å². The van der Waals surface area contributed by atoms with Crippen LogP contribution < -0.4 is 5.73 Å². The fourth-order valence-corrected chi connectivity index (χ4v) is 2.98. The molecule has 3 nitrogen and oxygen atoms in total. The van der Waals surface area contributed by atoms with Gasteiger partial charge in [-0.1, -0.05) is 12.1 Å². The molecular formula is C15H19FN2O. The van der Waals surface area contributed by atoms with Gasteiger partial charge in [0.1, 0.15) is 11.9 Å². The van der Waals surface area contributed by atoms with Gasteiger partial charge >= 0.3 is 0 Å². The van der Waals surface area contributed by atoms with Crippen molar-refractivity contribution in [2.45, 2.75) is 37.8 Å². The van der Waals surface area contributed by atoms with E-state index in [1.807, 2.05) is 6.07 Å². The first-order valence-electron chi connectivity index (χ1n) is 6.92. The number of nitrogens with zero attached hydrogens (tertiary/aromatic N) is 1. The van der Waals surface area contributed by atoms with E-state index in [0.29, 0.717) is 12.3 Å². The first-order chi connectivity index (χ1) is 9.24. The van der Waals surface area contributed by atoms with Crippen LogP contribution in [0.3, 0.4) is 0 Å². The van der Waals surface area contributed by atoms with E-state index in [0.717, 1.165) is 37.3 Å². The van der Waals surface area contributed by atoms with Crippen molar-refractivity contribution in [3.63, 3.8) is 0 Å². The van der Waals surface area contributed by atoms with Crippen LogP contribution in [0.1, 0.15) is 24.8 Å². The Kier molecular flexibility index (Phi) is 3.51. The Morgan fingerprint density at radius 2 is 2.26 bits per heavy atom. The van der Waals surface area contributed by atoms with Crippen LogP contribution in [0.4, 0.5) is 4.39 Å². The molecule has 0 spiro atoms. The number of ether oxygens (including phenoxy) is 1. The van der Waals surface area contributed by atoms with Crippen molar-refractivity contribution in [3.8, 4) is 0 Å². The molecule has 2 aliphatic rings. The highest BCUT2D eigenvalue weighted by Crippen LogP contribution is 2.32. The summed E-state index contributed by atoms with van der Waals surface area (Å²) in [5.41, 5.74) is 6.64. The molecule has 1 heterocycles. The molecule has 3 atom stereocenters. The van der Waals surface area contributed by atoms with E-state index >= 15 is 0 Å². The average Bonchev–Trinajstić information content (AvgIpc) is 2.79. The van der Waals surface area contributed by atoms with Crippen LogP contribution in [0.25, 0.3) is 0 Å². The number of rotatable bonds is 3. The standard InChI is InChI=1S/C15H19FN2O/c16-12-3-1-2-10(6-12)8-15-18-13-5-4-11(9-17)7-14(13)19-15/h1-3,6,11,13-14H,4-5,7-9,17H2. The number of nitrogens with two attached hydrogens (primary N) is 1. The lowest BCUT2D eigenvalue weighted by molar-refractivity contribution is 0.121. The molecule has 2 N–H and O–H groups in total. The monoisotopic (exact) mass is 262 g/mol. The van der Waals surface area contributed by atoms with Gasteiger partial charge in [-0.25, -0.2) is 9.38 Å². The third-order valence-electron chi connectivity index (χ3n) is 4.04. The predicted octanol–water partition coefficient (Wildman–Crippen LogP) is 2.29. The highest BCUT2D eigenvalue weighted by molar-refractivity contribution is 5.80. The van der Waals surface area contributed by atoms with Crippen molar-refractivity contribution in [1.29, 1.82) is 0 Å². The van der Waals surface area contributed by atoms with Crippen molar-refractivity contribution in [3.05, 3.63) is 35.6 Å². The molecule has 1 fully saturated rings. The summed E-state index contributed by atoms with van der Waals surface area (Å²) < 4.78 is 19.1. The van der Waals surface area contributed by atoms with Crippen LogP contribution in [0, 0.1) is 11.7 Å². The third-order valence-corrected chi connectivity index (χ3v) is 4.04. The highest BCUT2D eigenvalue weighted by Gasteiger charge is 2.36. The smallest absolute Gasteiger partial charge is 0.188 e. The molecule has 19 heavy (non-hydrogen) atoms. The van der Waals surface area contributed by atoms with E-state index in [2.05, 4.69) is 4.99 Å². The Morgan fingerprint density at radius 1 is 1.37 bits per heavy atom. The molecular weight excluding hydrogens is 243 g/mol. The first-order valence-corrected chi connectivity index (χ1v) is 6.92. The molecule has 3 rings (SSSR count). The fraction of sp³-hybridized carbons (Fsp3) is 0.533. The summed E-state index contributed by atoms with van der Waals surface area (Å²) in [5.74, 6) is 1.10. The summed E-state index contributed by atoms with van der Waals surface area (Å²) in [5, 5.41) is 0. The molecule has 3 unspecified atom stereocenters. The van der Waals surface area contributed by atoms with E-state index in [4.69, 9.17) is 10.5 Å². The molecule has 0 saturated heterocycles. The molecule has 1 saturated carbocycles. The first kappa shape index (κ1) is 12.6. The van der Waals surface area contributed by atoms with Gasteiger partial charge in [0.2, 0.25) is 0 Å². The number of benzene rings is 1. The van der Waals surface area contributed by atoms with E-state index in [-0.39, 0.29) is 18.0 Å². The summed E-state index contributed by atoms with van der Waals surface area (Å²) in [6.45, 7) is 0.728. The Bertz CT molecular complexity index is 489. The normalized spacial score (nSPS) is 29.6. The second-order valence-electron chi connectivity index (χ2n) is 5.47. The zero-order valence-corrected chi connectivity index (χ0v) is 10.9. The highest BCUT2D eigenvalue weighted by atomic mass is 19.1. The van der Waals surface area contributed by atoms with Crippen LogP contribution in [0.5, 0.6) is 0 Å². The van der Waals surface area contributed by atoms with E-state index in [9.17, 15) is 4.39 Å². The molecule has 1 aromatic carbocycles. The lowest BCUT2D eigenvalue weighted by Gasteiger charge is -2.28. The Hall–Kier alpha value is -1.42. The zero-order chi connectivity index (χ0) is 13.2. The van der Waals surface area contributed by atoms with Crippen molar-refractivity contribution in [1.82, 2.24) is 0 Å². The largest absolute Gasteiger partial charge is 0.475 e. The van der Waals surface area contributed by atoms with Crippen molar-refractivity contribution < 1.29 is 9.13 Å². The number of halogens is 1.